The molecule has 2 aromatic rings. The summed E-state index contributed by atoms with van der Waals surface area (Å²) in [6.45, 7) is 2.01. The minimum absolute atomic E-state index is 0.137. The fourth-order valence-corrected chi connectivity index (χ4v) is 3.83. The van der Waals surface area contributed by atoms with E-state index in [1.54, 1.807) is 13.0 Å². The molecule has 0 bridgehead atoms. The number of nitrogens with one attached hydrogen (secondary N) is 1. The van der Waals surface area contributed by atoms with Crippen molar-refractivity contribution in [3.63, 3.8) is 0 Å². The highest BCUT2D eigenvalue weighted by atomic mass is 19.1. The highest BCUT2D eigenvalue weighted by Gasteiger charge is 2.48. The Balaban J connectivity index is 1.95. The molecule has 9 heteroatoms. The van der Waals surface area contributed by atoms with Crippen molar-refractivity contribution in [1.82, 2.24) is 9.88 Å². The SMILES string of the molecule is COCCC1(C)C(=O)c2c(O)c(=O)c(C(=O)NCc3ccccc3F)cn2CC1OC. The number of ether oxygens (including phenoxy) is 2. The van der Waals surface area contributed by atoms with Gasteiger partial charge in [-0.15, -0.1) is 0 Å². The molecular weight excluding hydrogens is 407 g/mol. The van der Waals surface area contributed by atoms with Gasteiger partial charge in [0.2, 0.25) is 5.43 Å². The van der Waals surface area contributed by atoms with E-state index < -0.39 is 40.2 Å². The van der Waals surface area contributed by atoms with Gasteiger partial charge in [0.15, 0.2) is 11.5 Å². The molecule has 0 spiro atoms. The molecule has 8 nitrogen and oxygen atoms in total. The van der Waals surface area contributed by atoms with Crippen LogP contribution in [0, 0.1) is 11.2 Å². The first-order valence-corrected chi connectivity index (χ1v) is 9.79. The van der Waals surface area contributed by atoms with Crippen molar-refractivity contribution in [3.05, 3.63) is 63.3 Å². The van der Waals surface area contributed by atoms with Gasteiger partial charge >= 0.3 is 0 Å². The molecule has 3 rings (SSSR count). The van der Waals surface area contributed by atoms with Crippen molar-refractivity contribution in [2.24, 2.45) is 5.41 Å². The molecule has 0 saturated heterocycles. The average Bonchev–Trinajstić information content (AvgIpc) is 2.76. The van der Waals surface area contributed by atoms with E-state index in [9.17, 15) is 23.9 Å². The van der Waals surface area contributed by atoms with Crippen molar-refractivity contribution in [2.75, 3.05) is 20.8 Å². The van der Waals surface area contributed by atoms with Crippen LogP contribution in [0.4, 0.5) is 4.39 Å². The molecular formula is C22H25FN2O6. The maximum Gasteiger partial charge on any atom is 0.257 e. The molecule has 2 unspecified atom stereocenters. The van der Waals surface area contributed by atoms with Gasteiger partial charge in [-0.05, 0) is 19.4 Å². The molecule has 0 saturated carbocycles. The van der Waals surface area contributed by atoms with E-state index in [0.29, 0.717) is 13.0 Å². The van der Waals surface area contributed by atoms with E-state index in [1.165, 1.54) is 43.2 Å². The Hall–Kier alpha value is -3.04. The van der Waals surface area contributed by atoms with Gasteiger partial charge in [-0.1, -0.05) is 18.2 Å². The summed E-state index contributed by atoms with van der Waals surface area (Å²) < 4.78 is 25.8. The van der Waals surface area contributed by atoms with Gasteiger partial charge in [-0.2, -0.15) is 0 Å². The van der Waals surface area contributed by atoms with Crippen LogP contribution in [0.1, 0.15) is 39.8 Å². The second kappa shape index (κ2) is 8.99. The second-order valence-corrected chi connectivity index (χ2v) is 7.71. The van der Waals surface area contributed by atoms with Crippen molar-refractivity contribution in [3.8, 4) is 5.75 Å². The van der Waals surface area contributed by atoms with Crippen LogP contribution in [-0.2, 0) is 22.6 Å². The highest BCUT2D eigenvalue weighted by Crippen LogP contribution is 2.39. The fraction of sp³-hybridized carbons (Fsp3) is 0.409. The molecule has 1 amide bonds. The zero-order chi connectivity index (χ0) is 22.8. The molecule has 0 aliphatic carbocycles. The van der Waals surface area contributed by atoms with Crippen LogP contribution in [0.5, 0.6) is 5.75 Å². The largest absolute Gasteiger partial charge is 0.503 e. The summed E-state index contributed by atoms with van der Waals surface area (Å²) in [5.41, 5.74) is -2.23. The predicted octanol–water partition coefficient (Wildman–Crippen LogP) is 1.88. The second-order valence-electron chi connectivity index (χ2n) is 7.71. The van der Waals surface area contributed by atoms with Crippen LogP contribution in [0.15, 0.2) is 35.3 Å². The Kier molecular flexibility index (Phi) is 6.56. The van der Waals surface area contributed by atoms with Crippen molar-refractivity contribution in [2.45, 2.75) is 32.5 Å². The molecule has 31 heavy (non-hydrogen) atoms. The van der Waals surface area contributed by atoms with E-state index in [2.05, 4.69) is 5.32 Å². The predicted molar refractivity (Wildman–Crippen MR) is 110 cm³/mol. The molecule has 1 aromatic carbocycles. The number of carbonyl (C=O) groups is 2. The lowest BCUT2D eigenvalue weighted by Crippen LogP contribution is -2.50. The highest BCUT2D eigenvalue weighted by molar-refractivity contribution is 6.03. The molecule has 1 aromatic heterocycles. The Morgan fingerprint density at radius 3 is 2.68 bits per heavy atom. The van der Waals surface area contributed by atoms with Gasteiger partial charge < -0.3 is 24.5 Å². The zero-order valence-electron chi connectivity index (χ0n) is 17.6. The van der Waals surface area contributed by atoms with E-state index in [0.717, 1.165) is 0 Å². The standard InChI is InChI=1S/C22H25FN2O6/c1-22(8-9-30-2)16(31-3)12-25-11-14(18(26)19(27)17(25)20(22)28)21(29)24-10-13-6-4-5-7-15(13)23/h4-7,11,16,27H,8-10,12H2,1-3H3,(H,24,29). The number of ketones is 1. The summed E-state index contributed by atoms with van der Waals surface area (Å²) in [5.74, 6) is -2.53. The van der Waals surface area contributed by atoms with Crippen molar-refractivity contribution in [1.29, 1.82) is 0 Å². The first-order chi connectivity index (χ1) is 14.7. The number of pyridine rings is 1. The quantitative estimate of drug-likeness (QED) is 0.692. The molecule has 2 N–H and O–H groups in total. The lowest BCUT2D eigenvalue weighted by Gasteiger charge is -2.40. The zero-order valence-corrected chi connectivity index (χ0v) is 17.6. The van der Waals surface area contributed by atoms with Crippen LogP contribution in [-0.4, -0.2) is 48.3 Å². The van der Waals surface area contributed by atoms with Crippen LogP contribution in [0.2, 0.25) is 0 Å². The third kappa shape index (κ3) is 4.11. The fourth-order valence-electron chi connectivity index (χ4n) is 3.83. The topological polar surface area (TPSA) is 107 Å². The summed E-state index contributed by atoms with van der Waals surface area (Å²) in [6, 6.07) is 5.92. The number of benzene rings is 1. The number of fused-ring (bicyclic) bond motifs is 1. The number of hydrogen-bond acceptors (Lipinski definition) is 6. The van der Waals surface area contributed by atoms with E-state index in [4.69, 9.17) is 9.47 Å². The number of carbonyl (C=O) groups excluding carboxylic acids is 2. The summed E-state index contributed by atoms with van der Waals surface area (Å²) in [6.07, 6.45) is 1.01. The van der Waals surface area contributed by atoms with Crippen molar-refractivity contribution >= 4 is 11.7 Å². The Morgan fingerprint density at radius 1 is 1.32 bits per heavy atom. The third-order valence-electron chi connectivity index (χ3n) is 5.81. The molecule has 0 radical (unpaired) electrons. The van der Waals surface area contributed by atoms with Gasteiger partial charge in [0.25, 0.3) is 5.91 Å². The number of aromatic nitrogens is 1. The molecule has 1 aliphatic rings. The normalized spacial score (nSPS) is 20.4. The summed E-state index contributed by atoms with van der Waals surface area (Å²) >= 11 is 0. The number of nitrogens with zero attached hydrogens (tertiary/aromatic N) is 1. The Labute approximate surface area is 178 Å². The van der Waals surface area contributed by atoms with Gasteiger partial charge in [-0.3, -0.25) is 14.4 Å². The van der Waals surface area contributed by atoms with Crippen LogP contribution >= 0.6 is 0 Å². The number of aromatic hydroxyl groups is 1. The molecule has 1 aliphatic heterocycles. The maximum absolute atomic E-state index is 13.8. The summed E-state index contributed by atoms with van der Waals surface area (Å²) in [4.78, 5) is 38.5. The number of methoxy groups -OCH3 is 2. The van der Waals surface area contributed by atoms with Crippen LogP contribution in [0.3, 0.4) is 0 Å². The molecule has 0 fully saturated rings. The first kappa shape index (κ1) is 22.6. The first-order valence-electron chi connectivity index (χ1n) is 9.79. The number of halogens is 1. The number of amides is 1. The van der Waals surface area contributed by atoms with Gasteiger partial charge in [0.1, 0.15) is 17.1 Å². The number of rotatable bonds is 7. The van der Waals surface area contributed by atoms with Crippen LogP contribution in [0.25, 0.3) is 0 Å². The molecule has 2 atom stereocenters. The lowest BCUT2D eigenvalue weighted by molar-refractivity contribution is -0.0262. The van der Waals surface area contributed by atoms with Crippen molar-refractivity contribution < 1.29 is 28.6 Å². The third-order valence-corrected chi connectivity index (χ3v) is 5.81. The lowest BCUT2D eigenvalue weighted by atomic mass is 9.73. The van der Waals surface area contributed by atoms with Gasteiger partial charge in [0.05, 0.1) is 18.1 Å². The Morgan fingerprint density at radius 2 is 2.03 bits per heavy atom. The maximum atomic E-state index is 13.8. The van der Waals surface area contributed by atoms with E-state index in [1.807, 2.05) is 0 Å². The van der Waals surface area contributed by atoms with Gasteiger partial charge in [0, 0.05) is 39.1 Å². The minimum Gasteiger partial charge on any atom is -0.503 e. The molecule has 2 heterocycles. The van der Waals surface area contributed by atoms with Crippen LogP contribution < -0.4 is 10.7 Å². The minimum atomic E-state index is -1.01. The van der Waals surface area contributed by atoms with Gasteiger partial charge in [-0.25, -0.2) is 4.39 Å². The molecule has 166 valence electrons. The van der Waals surface area contributed by atoms with E-state index >= 15 is 0 Å². The Bertz CT molecular complexity index is 1070. The number of Topliss-reactive ketones (excluding diaryl/α,β-unsaturated/α-hetero) is 1. The number of hydrogen-bond donors (Lipinski definition) is 2. The summed E-state index contributed by atoms with van der Waals surface area (Å²) in [5, 5.41) is 13.0. The monoisotopic (exact) mass is 432 g/mol. The smallest absolute Gasteiger partial charge is 0.257 e. The van der Waals surface area contributed by atoms with E-state index in [-0.39, 0.29) is 29.9 Å². The summed E-state index contributed by atoms with van der Waals surface area (Å²) in [7, 11) is 2.99. The average molecular weight is 432 g/mol.